The van der Waals surface area contributed by atoms with Crippen molar-refractivity contribution >= 4 is 0 Å². The van der Waals surface area contributed by atoms with Gasteiger partial charge in [0.25, 0.3) is 0 Å². The third kappa shape index (κ3) is 3.45. The van der Waals surface area contributed by atoms with Gasteiger partial charge < -0.3 is 0 Å². The van der Waals surface area contributed by atoms with Crippen LogP contribution >= 0.6 is 0 Å². The van der Waals surface area contributed by atoms with E-state index < -0.39 is 0 Å². The Labute approximate surface area is 128 Å². The Bertz CT molecular complexity index is 479. The Balaban J connectivity index is 1.64. The molecular formula is C18H25N3. The molecule has 2 aliphatic heterocycles. The first-order chi connectivity index (χ1) is 10.4. The van der Waals surface area contributed by atoms with Crippen LogP contribution in [0.3, 0.4) is 0 Å². The number of nitrogens with zero attached hydrogens (tertiary/aromatic N) is 3. The van der Waals surface area contributed by atoms with Gasteiger partial charge >= 0.3 is 0 Å². The lowest BCUT2D eigenvalue weighted by molar-refractivity contribution is 0.130. The molecule has 0 unspecified atom stereocenters. The van der Waals surface area contributed by atoms with Gasteiger partial charge in [-0.15, -0.1) is 0 Å². The van der Waals surface area contributed by atoms with Gasteiger partial charge in [-0.25, -0.2) is 0 Å². The number of likely N-dealkylation sites (tertiary alicyclic amines) is 2. The molecule has 0 aliphatic carbocycles. The first kappa shape index (κ1) is 14.6. The maximum Gasteiger partial charge on any atom is 0.0635 e. The van der Waals surface area contributed by atoms with Gasteiger partial charge in [0.2, 0.25) is 0 Å². The predicted octanol–water partition coefficient (Wildman–Crippen LogP) is 3.03. The highest BCUT2D eigenvalue weighted by atomic mass is 15.3. The SMILES string of the molecule is N#CCCN1CCC[C@@H]1[C@H]1CCCN1Cc1ccccc1. The minimum absolute atomic E-state index is 0.669. The van der Waals surface area contributed by atoms with Gasteiger partial charge in [0.05, 0.1) is 6.07 Å². The highest BCUT2D eigenvalue weighted by Gasteiger charge is 2.37. The second-order valence-corrected chi connectivity index (χ2v) is 6.32. The average Bonchev–Trinajstić information content (AvgIpc) is 3.14. The standard InChI is InChI=1S/C18H25N3/c19-11-6-14-20-12-4-9-17(20)18-10-5-13-21(18)15-16-7-2-1-3-8-16/h1-3,7-8,17-18H,4-6,9-10,12-15H2/t17-,18-/m1/s1. The van der Waals surface area contributed by atoms with Crippen molar-refractivity contribution in [1.82, 2.24) is 9.80 Å². The maximum absolute atomic E-state index is 8.84. The second-order valence-electron chi connectivity index (χ2n) is 6.32. The van der Waals surface area contributed by atoms with Gasteiger partial charge in [0, 0.05) is 31.6 Å². The molecule has 0 spiro atoms. The van der Waals surface area contributed by atoms with E-state index >= 15 is 0 Å². The van der Waals surface area contributed by atoms with E-state index in [4.69, 9.17) is 5.26 Å². The minimum Gasteiger partial charge on any atom is -0.298 e. The van der Waals surface area contributed by atoms with Crippen LogP contribution in [0.1, 0.15) is 37.7 Å². The molecule has 2 atom stereocenters. The van der Waals surface area contributed by atoms with Crippen molar-refractivity contribution in [3.63, 3.8) is 0 Å². The quantitative estimate of drug-likeness (QED) is 0.832. The topological polar surface area (TPSA) is 30.3 Å². The summed E-state index contributed by atoms with van der Waals surface area (Å²) in [5.74, 6) is 0. The van der Waals surface area contributed by atoms with Crippen LogP contribution in [0, 0.1) is 11.3 Å². The van der Waals surface area contributed by atoms with Gasteiger partial charge in [-0.3, -0.25) is 9.80 Å². The number of nitriles is 1. The zero-order chi connectivity index (χ0) is 14.5. The summed E-state index contributed by atoms with van der Waals surface area (Å²) in [5.41, 5.74) is 1.42. The fourth-order valence-corrected chi connectivity index (χ4v) is 4.06. The van der Waals surface area contributed by atoms with Crippen molar-refractivity contribution in [2.24, 2.45) is 0 Å². The molecule has 0 aromatic heterocycles. The summed E-state index contributed by atoms with van der Waals surface area (Å²) in [7, 11) is 0. The van der Waals surface area contributed by atoms with E-state index in [0.717, 1.165) is 13.1 Å². The summed E-state index contributed by atoms with van der Waals surface area (Å²) in [6, 6.07) is 14.5. The van der Waals surface area contributed by atoms with Crippen LogP contribution in [0.2, 0.25) is 0 Å². The highest BCUT2D eigenvalue weighted by molar-refractivity contribution is 5.15. The molecule has 3 rings (SSSR count). The van der Waals surface area contributed by atoms with E-state index in [9.17, 15) is 0 Å². The third-order valence-electron chi connectivity index (χ3n) is 5.01. The molecule has 3 nitrogen and oxygen atoms in total. The molecule has 2 heterocycles. The summed E-state index contributed by atoms with van der Waals surface area (Å²) in [6.07, 6.45) is 5.91. The zero-order valence-corrected chi connectivity index (χ0v) is 12.7. The van der Waals surface area contributed by atoms with Gasteiger partial charge in [-0.1, -0.05) is 30.3 Å². The largest absolute Gasteiger partial charge is 0.298 e. The van der Waals surface area contributed by atoms with Crippen molar-refractivity contribution in [2.45, 2.75) is 50.7 Å². The fraction of sp³-hybridized carbons (Fsp3) is 0.611. The molecule has 0 bridgehead atoms. The molecule has 3 heteroatoms. The zero-order valence-electron chi connectivity index (χ0n) is 12.7. The Morgan fingerprint density at radius 3 is 2.38 bits per heavy atom. The normalized spacial score (nSPS) is 27.0. The molecule has 0 amide bonds. The Hall–Kier alpha value is -1.37. The summed E-state index contributed by atoms with van der Waals surface area (Å²) >= 11 is 0. The van der Waals surface area contributed by atoms with Gasteiger partial charge in [0.15, 0.2) is 0 Å². The summed E-state index contributed by atoms with van der Waals surface area (Å²) in [4.78, 5) is 5.24. The Morgan fingerprint density at radius 1 is 1.00 bits per heavy atom. The monoisotopic (exact) mass is 283 g/mol. The average molecular weight is 283 g/mol. The molecule has 1 aromatic carbocycles. The van der Waals surface area contributed by atoms with Crippen LogP contribution in [-0.2, 0) is 6.54 Å². The molecule has 0 saturated carbocycles. The molecule has 0 radical (unpaired) electrons. The molecule has 112 valence electrons. The lowest BCUT2D eigenvalue weighted by atomic mass is 10.0. The number of hydrogen-bond donors (Lipinski definition) is 0. The molecular weight excluding hydrogens is 258 g/mol. The van der Waals surface area contributed by atoms with E-state index in [1.54, 1.807) is 0 Å². The van der Waals surface area contributed by atoms with E-state index in [-0.39, 0.29) is 0 Å². The summed E-state index contributed by atoms with van der Waals surface area (Å²) < 4.78 is 0. The number of benzene rings is 1. The van der Waals surface area contributed by atoms with Crippen LogP contribution in [-0.4, -0.2) is 41.5 Å². The van der Waals surface area contributed by atoms with E-state index in [0.29, 0.717) is 18.5 Å². The highest BCUT2D eigenvalue weighted by Crippen LogP contribution is 2.31. The fourth-order valence-electron chi connectivity index (χ4n) is 4.06. The second kappa shape index (κ2) is 7.06. The van der Waals surface area contributed by atoms with Crippen LogP contribution < -0.4 is 0 Å². The summed E-state index contributed by atoms with van der Waals surface area (Å²) in [5, 5.41) is 8.84. The Morgan fingerprint density at radius 2 is 1.67 bits per heavy atom. The van der Waals surface area contributed by atoms with Crippen molar-refractivity contribution in [3.05, 3.63) is 35.9 Å². The lowest BCUT2D eigenvalue weighted by Crippen LogP contribution is -2.46. The van der Waals surface area contributed by atoms with E-state index in [1.165, 1.54) is 44.3 Å². The molecule has 2 aliphatic rings. The number of hydrogen-bond acceptors (Lipinski definition) is 3. The van der Waals surface area contributed by atoms with Crippen LogP contribution in [0.25, 0.3) is 0 Å². The van der Waals surface area contributed by atoms with Crippen molar-refractivity contribution in [3.8, 4) is 6.07 Å². The lowest BCUT2D eigenvalue weighted by Gasteiger charge is -2.34. The van der Waals surface area contributed by atoms with Crippen molar-refractivity contribution < 1.29 is 0 Å². The van der Waals surface area contributed by atoms with Crippen molar-refractivity contribution in [2.75, 3.05) is 19.6 Å². The summed E-state index contributed by atoms with van der Waals surface area (Å²) in [6.45, 7) is 4.44. The maximum atomic E-state index is 8.84. The molecule has 2 fully saturated rings. The van der Waals surface area contributed by atoms with E-state index in [2.05, 4.69) is 46.2 Å². The molecule has 2 saturated heterocycles. The first-order valence-corrected chi connectivity index (χ1v) is 8.27. The smallest absolute Gasteiger partial charge is 0.0635 e. The molecule has 0 N–H and O–H groups in total. The van der Waals surface area contributed by atoms with Gasteiger partial charge in [0.1, 0.15) is 0 Å². The molecule has 1 aromatic rings. The van der Waals surface area contributed by atoms with Crippen LogP contribution in [0.15, 0.2) is 30.3 Å². The van der Waals surface area contributed by atoms with E-state index in [1.807, 2.05) is 0 Å². The minimum atomic E-state index is 0.669. The van der Waals surface area contributed by atoms with Crippen LogP contribution in [0.5, 0.6) is 0 Å². The van der Waals surface area contributed by atoms with Crippen molar-refractivity contribution in [1.29, 1.82) is 5.26 Å². The Kier molecular flexibility index (Phi) is 4.90. The van der Waals surface area contributed by atoms with Gasteiger partial charge in [-0.2, -0.15) is 5.26 Å². The third-order valence-corrected chi connectivity index (χ3v) is 5.01. The number of rotatable bonds is 5. The first-order valence-electron chi connectivity index (χ1n) is 8.27. The van der Waals surface area contributed by atoms with Crippen LogP contribution in [0.4, 0.5) is 0 Å². The van der Waals surface area contributed by atoms with Gasteiger partial charge in [-0.05, 0) is 44.3 Å². The molecule has 21 heavy (non-hydrogen) atoms. The predicted molar refractivity (Wildman–Crippen MR) is 84.7 cm³/mol.